The smallest absolute Gasteiger partial charge is 0.223 e. The quantitative estimate of drug-likeness (QED) is 0.750. The second kappa shape index (κ2) is 7.25. The zero-order chi connectivity index (χ0) is 17.9. The monoisotopic (exact) mass is 350 g/mol. The van der Waals surface area contributed by atoms with Crippen LogP contribution in [0.1, 0.15) is 25.7 Å². The molecule has 1 aliphatic carbocycles. The first-order valence-electron chi connectivity index (χ1n) is 8.93. The molecule has 0 unspecified atom stereocenters. The molecule has 2 atom stereocenters. The van der Waals surface area contributed by atoms with Crippen LogP contribution in [-0.4, -0.2) is 39.3 Å². The molecule has 0 aliphatic heterocycles. The van der Waals surface area contributed by atoms with E-state index in [2.05, 4.69) is 20.3 Å². The van der Waals surface area contributed by atoms with Crippen molar-refractivity contribution < 1.29 is 9.84 Å². The molecule has 1 saturated carbocycles. The van der Waals surface area contributed by atoms with Crippen molar-refractivity contribution in [3.8, 4) is 16.9 Å². The summed E-state index contributed by atoms with van der Waals surface area (Å²) < 4.78 is 5.44. The number of anilines is 1. The average molecular weight is 350 g/mol. The van der Waals surface area contributed by atoms with E-state index in [0.717, 1.165) is 53.5 Å². The van der Waals surface area contributed by atoms with E-state index in [9.17, 15) is 5.11 Å². The molecule has 0 amide bonds. The Labute approximate surface area is 152 Å². The van der Waals surface area contributed by atoms with Crippen LogP contribution in [0.4, 0.5) is 5.95 Å². The van der Waals surface area contributed by atoms with E-state index in [1.165, 1.54) is 0 Å². The van der Waals surface area contributed by atoms with Gasteiger partial charge in [-0.2, -0.15) is 0 Å². The molecule has 26 heavy (non-hydrogen) atoms. The van der Waals surface area contributed by atoms with Gasteiger partial charge in [0.05, 0.1) is 18.7 Å². The summed E-state index contributed by atoms with van der Waals surface area (Å²) in [5.41, 5.74) is 2.79. The number of aliphatic hydroxyl groups excluding tert-OH is 1. The lowest BCUT2D eigenvalue weighted by Crippen LogP contribution is -2.30. The van der Waals surface area contributed by atoms with Crippen LogP contribution in [0.25, 0.3) is 22.0 Å². The lowest BCUT2D eigenvalue weighted by Gasteiger charge is -2.26. The summed E-state index contributed by atoms with van der Waals surface area (Å²) in [6.45, 7) is 0. The van der Waals surface area contributed by atoms with Gasteiger partial charge in [0.2, 0.25) is 5.95 Å². The van der Waals surface area contributed by atoms with Crippen molar-refractivity contribution in [3.05, 3.63) is 42.9 Å². The first kappa shape index (κ1) is 16.7. The number of nitrogens with zero attached hydrogens (tertiary/aromatic N) is 3. The normalized spacial score (nSPS) is 20.1. The molecule has 1 fully saturated rings. The molecule has 2 N–H and O–H groups in total. The second-order valence-electron chi connectivity index (χ2n) is 6.70. The molecule has 6 heteroatoms. The Morgan fingerprint density at radius 1 is 1.19 bits per heavy atom. The lowest BCUT2D eigenvalue weighted by atomic mass is 9.93. The Bertz CT molecular complexity index is 915. The van der Waals surface area contributed by atoms with Crippen molar-refractivity contribution in [2.24, 2.45) is 0 Å². The van der Waals surface area contributed by atoms with E-state index in [1.54, 1.807) is 19.5 Å². The molecular formula is C20H22N4O2. The highest BCUT2D eigenvalue weighted by atomic mass is 16.5. The van der Waals surface area contributed by atoms with Gasteiger partial charge < -0.3 is 15.2 Å². The van der Waals surface area contributed by atoms with Gasteiger partial charge in [0, 0.05) is 35.6 Å². The van der Waals surface area contributed by atoms with Crippen LogP contribution in [-0.2, 0) is 0 Å². The zero-order valence-electron chi connectivity index (χ0n) is 14.7. The number of ether oxygens (including phenoxy) is 1. The van der Waals surface area contributed by atoms with Crippen molar-refractivity contribution in [3.63, 3.8) is 0 Å². The molecule has 4 rings (SSSR count). The fourth-order valence-electron chi connectivity index (χ4n) is 3.51. The number of benzene rings is 1. The summed E-state index contributed by atoms with van der Waals surface area (Å²) in [6.07, 6.45) is 8.79. The molecule has 134 valence electrons. The predicted octanol–water partition coefficient (Wildman–Crippen LogP) is 3.42. The molecule has 0 bridgehead atoms. The fourth-order valence-corrected chi connectivity index (χ4v) is 3.51. The maximum atomic E-state index is 9.84. The molecule has 2 aromatic heterocycles. The van der Waals surface area contributed by atoms with Gasteiger partial charge in [-0.05, 0) is 43.4 Å². The van der Waals surface area contributed by atoms with Crippen LogP contribution >= 0.6 is 0 Å². The van der Waals surface area contributed by atoms with Crippen molar-refractivity contribution in [1.82, 2.24) is 15.0 Å². The number of hydrogen-bond donors (Lipinski definition) is 2. The van der Waals surface area contributed by atoms with Crippen molar-refractivity contribution in [1.29, 1.82) is 0 Å². The van der Waals surface area contributed by atoms with Crippen LogP contribution in [0, 0.1) is 0 Å². The summed E-state index contributed by atoms with van der Waals surface area (Å²) in [7, 11) is 1.66. The van der Waals surface area contributed by atoms with Gasteiger partial charge in [-0.15, -0.1) is 0 Å². The minimum atomic E-state index is -0.230. The lowest BCUT2D eigenvalue weighted by molar-refractivity contribution is 0.124. The van der Waals surface area contributed by atoms with Crippen LogP contribution < -0.4 is 10.1 Å². The van der Waals surface area contributed by atoms with Gasteiger partial charge in [0.25, 0.3) is 0 Å². The number of pyridine rings is 1. The fraction of sp³-hybridized carbons (Fsp3) is 0.350. The van der Waals surface area contributed by atoms with Crippen LogP contribution in [0.3, 0.4) is 0 Å². The highest BCUT2D eigenvalue weighted by Gasteiger charge is 2.20. The zero-order valence-corrected chi connectivity index (χ0v) is 14.7. The SMILES string of the molecule is COc1ccncc1-c1ccc2cnc(N[C@H]3CCC[C@@H](O)C3)nc2c1. The molecule has 1 aliphatic rings. The number of rotatable bonds is 4. The number of hydrogen-bond acceptors (Lipinski definition) is 6. The molecule has 1 aromatic carbocycles. The largest absolute Gasteiger partial charge is 0.496 e. The van der Waals surface area contributed by atoms with Crippen molar-refractivity contribution >= 4 is 16.9 Å². The third-order valence-electron chi connectivity index (χ3n) is 4.87. The Morgan fingerprint density at radius 3 is 2.96 bits per heavy atom. The second-order valence-corrected chi connectivity index (χ2v) is 6.70. The summed E-state index contributed by atoms with van der Waals surface area (Å²) in [5, 5.41) is 14.2. The molecule has 0 radical (unpaired) electrons. The third-order valence-corrected chi connectivity index (χ3v) is 4.87. The third kappa shape index (κ3) is 3.46. The van der Waals surface area contributed by atoms with E-state index < -0.39 is 0 Å². The highest BCUT2D eigenvalue weighted by molar-refractivity contribution is 5.85. The van der Waals surface area contributed by atoms with E-state index in [4.69, 9.17) is 4.74 Å². The molecule has 0 spiro atoms. The van der Waals surface area contributed by atoms with Gasteiger partial charge in [0.1, 0.15) is 5.75 Å². The predicted molar refractivity (Wildman–Crippen MR) is 101 cm³/mol. The Balaban J connectivity index is 1.64. The minimum Gasteiger partial charge on any atom is -0.496 e. The Kier molecular flexibility index (Phi) is 4.67. The van der Waals surface area contributed by atoms with Crippen LogP contribution in [0.15, 0.2) is 42.9 Å². The molecule has 3 aromatic rings. The minimum absolute atomic E-state index is 0.220. The molecule has 6 nitrogen and oxygen atoms in total. The van der Waals surface area contributed by atoms with Gasteiger partial charge in [-0.25, -0.2) is 9.97 Å². The van der Waals surface area contributed by atoms with Gasteiger partial charge in [-0.1, -0.05) is 12.1 Å². The maximum Gasteiger partial charge on any atom is 0.223 e. The summed E-state index contributed by atoms with van der Waals surface area (Å²) in [6, 6.07) is 8.12. The van der Waals surface area contributed by atoms with Crippen molar-refractivity contribution in [2.45, 2.75) is 37.8 Å². The first-order valence-corrected chi connectivity index (χ1v) is 8.93. The number of nitrogens with one attached hydrogen (secondary N) is 1. The van der Waals surface area contributed by atoms with Crippen molar-refractivity contribution in [2.75, 3.05) is 12.4 Å². The Morgan fingerprint density at radius 2 is 2.12 bits per heavy atom. The summed E-state index contributed by atoms with van der Waals surface area (Å²) >= 11 is 0. The Hall–Kier alpha value is -2.73. The number of methoxy groups -OCH3 is 1. The molecule has 0 saturated heterocycles. The maximum absolute atomic E-state index is 9.84. The standard InChI is InChI=1S/C20H22N4O2/c1-26-19-7-8-21-12-17(19)13-5-6-14-11-22-20(24-18(14)9-13)23-15-3-2-4-16(25)10-15/h5-9,11-12,15-16,25H,2-4,10H2,1H3,(H,22,23,24)/t15-,16+/m0/s1. The van der Waals surface area contributed by atoms with E-state index in [1.807, 2.05) is 30.5 Å². The number of aromatic nitrogens is 3. The summed E-state index contributed by atoms with van der Waals surface area (Å²) in [5.74, 6) is 1.38. The van der Waals surface area contributed by atoms with E-state index in [-0.39, 0.29) is 12.1 Å². The van der Waals surface area contributed by atoms with Gasteiger partial charge >= 0.3 is 0 Å². The average Bonchev–Trinajstić information content (AvgIpc) is 2.67. The van der Waals surface area contributed by atoms with Gasteiger partial charge in [-0.3, -0.25) is 4.98 Å². The highest BCUT2D eigenvalue weighted by Crippen LogP contribution is 2.30. The molecular weight excluding hydrogens is 328 g/mol. The molecule has 2 heterocycles. The van der Waals surface area contributed by atoms with Crippen LogP contribution in [0.5, 0.6) is 5.75 Å². The number of aliphatic hydroxyl groups is 1. The number of fused-ring (bicyclic) bond motifs is 1. The van der Waals surface area contributed by atoms with E-state index >= 15 is 0 Å². The first-order chi connectivity index (χ1) is 12.7. The van der Waals surface area contributed by atoms with E-state index in [0.29, 0.717) is 5.95 Å². The topological polar surface area (TPSA) is 80.2 Å². The van der Waals surface area contributed by atoms with Crippen LogP contribution in [0.2, 0.25) is 0 Å². The summed E-state index contributed by atoms with van der Waals surface area (Å²) in [4.78, 5) is 13.3. The van der Waals surface area contributed by atoms with Gasteiger partial charge in [0.15, 0.2) is 0 Å².